The number of fused-ring (bicyclic) bond motifs is 3. The molecule has 2 N–H and O–H groups in total. The molecule has 114 valence electrons. The third-order valence-corrected chi connectivity index (χ3v) is 6.30. The van der Waals surface area contributed by atoms with E-state index in [4.69, 9.17) is 5.73 Å². The van der Waals surface area contributed by atoms with E-state index in [1.165, 1.54) is 58.4 Å². The van der Waals surface area contributed by atoms with Gasteiger partial charge in [-0.05, 0) is 55.8 Å². The average molecular weight is 285 g/mol. The fourth-order valence-electron chi connectivity index (χ4n) is 4.96. The lowest BCUT2D eigenvalue weighted by Gasteiger charge is -2.50. The van der Waals surface area contributed by atoms with Gasteiger partial charge in [0, 0.05) is 31.7 Å². The summed E-state index contributed by atoms with van der Waals surface area (Å²) < 4.78 is 0. The lowest BCUT2D eigenvalue weighted by Crippen LogP contribution is -2.62. The molecule has 0 aliphatic carbocycles. The lowest BCUT2D eigenvalue weighted by molar-refractivity contribution is 0.0105. The summed E-state index contributed by atoms with van der Waals surface area (Å²) in [5, 5.41) is 0. The third-order valence-electron chi connectivity index (χ3n) is 6.30. The quantitative estimate of drug-likeness (QED) is 0.894. The number of nitrogens with two attached hydrogens (primary N) is 1. The summed E-state index contributed by atoms with van der Waals surface area (Å²) in [6, 6.07) is 8.99. The molecule has 3 heterocycles. The molecule has 0 amide bonds. The highest BCUT2D eigenvalue weighted by atomic mass is 15.3. The van der Waals surface area contributed by atoms with Gasteiger partial charge in [0.05, 0.1) is 0 Å². The fourth-order valence-corrected chi connectivity index (χ4v) is 4.96. The van der Waals surface area contributed by atoms with E-state index >= 15 is 0 Å². The van der Waals surface area contributed by atoms with Gasteiger partial charge in [-0.25, -0.2) is 0 Å². The first kappa shape index (κ1) is 13.7. The number of hydrogen-bond acceptors (Lipinski definition) is 3. The summed E-state index contributed by atoms with van der Waals surface area (Å²) in [4.78, 5) is 5.39. The minimum absolute atomic E-state index is 0.273. The van der Waals surface area contributed by atoms with E-state index in [-0.39, 0.29) is 5.54 Å². The Kier molecular flexibility index (Phi) is 3.52. The molecule has 3 aliphatic rings. The second kappa shape index (κ2) is 5.38. The Bertz CT molecular complexity index is 488. The Labute approximate surface area is 128 Å². The van der Waals surface area contributed by atoms with E-state index < -0.39 is 0 Å². The van der Waals surface area contributed by atoms with Gasteiger partial charge in [-0.2, -0.15) is 0 Å². The van der Waals surface area contributed by atoms with Crippen molar-refractivity contribution in [2.75, 3.05) is 39.3 Å². The van der Waals surface area contributed by atoms with E-state index in [1.54, 1.807) is 11.1 Å². The van der Waals surface area contributed by atoms with Crippen molar-refractivity contribution in [3.8, 4) is 0 Å². The molecule has 1 aromatic rings. The molecular formula is C18H27N3. The molecule has 3 unspecified atom stereocenters. The molecule has 2 saturated heterocycles. The van der Waals surface area contributed by atoms with Crippen LogP contribution in [0.2, 0.25) is 0 Å². The predicted octanol–water partition coefficient (Wildman–Crippen LogP) is 1.51. The Morgan fingerprint density at radius 2 is 1.76 bits per heavy atom. The first-order valence-corrected chi connectivity index (χ1v) is 8.56. The van der Waals surface area contributed by atoms with Gasteiger partial charge < -0.3 is 10.6 Å². The zero-order valence-electron chi connectivity index (χ0n) is 12.9. The zero-order chi connectivity index (χ0) is 14.3. The average Bonchev–Trinajstić information content (AvgIpc) is 2.80. The molecule has 2 bridgehead atoms. The van der Waals surface area contributed by atoms with Crippen molar-refractivity contribution < 1.29 is 0 Å². The van der Waals surface area contributed by atoms with Crippen LogP contribution in [0.3, 0.4) is 0 Å². The monoisotopic (exact) mass is 285 g/mol. The molecule has 0 spiro atoms. The van der Waals surface area contributed by atoms with Crippen molar-refractivity contribution in [1.82, 2.24) is 9.80 Å². The summed E-state index contributed by atoms with van der Waals surface area (Å²) in [6.07, 6.45) is 4.99. The molecule has 0 aromatic heterocycles. The Morgan fingerprint density at radius 1 is 1.05 bits per heavy atom. The fraction of sp³-hybridized carbons (Fsp3) is 0.667. The molecule has 2 fully saturated rings. The van der Waals surface area contributed by atoms with Crippen LogP contribution in [0.25, 0.3) is 0 Å². The highest BCUT2D eigenvalue weighted by Gasteiger charge is 2.48. The topological polar surface area (TPSA) is 32.5 Å². The predicted molar refractivity (Wildman–Crippen MR) is 86.4 cm³/mol. The van der Waals surface area contributed by atoms with Crippen LogP contribution in [-0.4, -0.2) is 54.6 Å². The maximum Gasteiger partial charge on any atom is 0.0384 e. The van der Waals surface area contributed by atoms with Crippen LogP contribution in [-0.2, 0) is 12.8 Å². The molecule has 3 atom stereocenters. The summed E-state index contributed by atoms with van der Waals surface area (Å²) in [6.45, 7) is 7.02. The van der Waals surface area contributed by atoms with E-state index in [0.717, 1.165) is 12.5 Å². The maximum absolute atomic E-state index is 6.35. The van der Waals surface area contributed by atoms with E-state index in [2.05, 4.69) is 34.1 Å². The molecule has 1 aromatic carbocycles. The zero-order valence-corrected chi connectivity index (χ0v) is 12.9. The molecule has 21 heavy (non-hydrogen) atoms. The van der Waals surface area contributed by atoms with Crippen LogP contribution >= 0.6 is 0 Å². The minimum atomic E-state index is 0.273. The Hall–Kier alpha value is -0.900. The van der Waals surface area contributed by atoms with Gasteiger partial charge in [-0.3, -0.25) is 4.90 Å². The minimum Gasteiger partial charge on any atom is -0.329 e. The molecule has 0 saturated carbocycles. The molecule has 0 radical (unpaired) electrons. The molecule has 3 nitrogen and oxygen atoms in total. The van der Waals surface area contributed by atoms with Gasteiger partial charge in [0.25, 0.3) is 0 Å². The van der Waals surface area contributed by atoms with E-state index in [9.17, 15) is 0 Å². The number of benzene rings is 1. The first-order valence-electron chi connectivity index (χ1n) is 8.56. The van der Waals surface area contributed by atoms with Gasteiger partial charge in [0.1, 0.15) is 0 Å². The molecule has 4 rings (SSSR count). The standard InChI is InChI=1S/C18H27N3/c19-14-18(8-12-20-9-7-17(18)13-20)21-10-5-15-3-1-2-4-16(15)6-11-21/h1-4,17H,5-14,19H2. The molecule has 3 aliphatic heterocycles. The van der Waals surface area contributed by atoms with Crippen molar-refractivity contribution in [3.63, 3.8) is 0 Å². The second-order valence-electron chi connectivity index (χ2n) is 7.10. The summed E-state index contributed by atoms with van der Waals surface area (Å²) >= 11 is 0. The van der Waals surface area contributed by atoms with E-state index in [0.29, 0.717) is 0 Å². The second-order valence-corrected chi connectivity index (χ2v) is 7.10. The normalized spacial score (nSPS) is 36.2. The number of piperidine rings is 1. The SMILES string of the molecule is NCC1(N2CCc3ccccc3CC2)CCN2CCC1C2. The van der Waals surface area contributed by atoms with Crippen LogP contribution in [0.4, 0.5) is 0 Å². The van der Waals surface area contributed by atoms with Gasteiger partial charge in [-0.15, -0.1) is 0 Å². The van der Waals surface area contributed by atoms with Crippen LogP contribution in [0.1, 0.15) is 24.0 Å². The lowest BCUT2D eigenvalue weighted by atomic mass is 9.77. The van der Waals surface area contributed by atoms with Crippen LogP contribution < -0.4 is 5.73 Å². The van der Waals surface area contributed by atoms with Gasteiger partial charge in [0.2, 0.25) is 0 Å². The number of nitrogens with zero attached hydrogens (tertiary/aromatic N) is 2. The maximum atomic E-state index is 6.35. The largest absolute Gasteiger partial charge is 0.329 e. The van der Waals surface area contributed by atoms with Crippen LogP contribution in [0.15, 0.2) is 24.3 Å². The Morgan fingerprint density at radius 3 is 2.43 bits per heavy atom. The smallest absolute Gasteiger partial charge is 0.0384 e. The van der Waals surface area contributed by atoms with Crippen molar-refractivity contribution in [2.45, 2.75) is 31.2 Å². The van der Waals surface area contributed by atoms with Gasteiger partial charge in [-0.1, -0.05) is 24.3 Å². The number of hydrogen-bond donors (Lipinski definition) is 1. The van der Waals surface area contributed by atoms with Crippen molar-refractivity contribution >= 4 is 0 Å². The van der Waals surface area contributed by atoms with Crippen molar-refractivity contribution in [2.24, 2.45) is 11.7 Å². The highest BCUT2D eigenvalue weighted by Crippen LogP contribution is 2.40. The Balaban J connectivity index is 1.58. The van der Waals surface area contributed by atoms with Crippen molar-refractivity contribution in [3.05, 3.63) is 35.4 Å². The molecular weight excluding hydrogens is 258 g/mol. The van der Waals surface area contributed by atoms with Crippen molar-refractivity contribution in [1.29, 1.82) is 0 Å². The first-order chi connectivity index (χ1) is 10.3. The highest BCUT2D eigenvalue weighted by molar-refractivity contribution is 5.29. The summed E-state index contributed by atoms with van der Waals surface area (Å²) in [5.74, 6) is 0.789. The van der Waals surface area contributed by atoms with Crippen LogP contribution in [0, 0.1) is 5.92 Å². The van der Waals surface area contributed by atoms with E-state index in [1.807, 2.05) is 0 Å². The van der Waals surface area contributed by atoms with Crippen LogP contribution in [0.5, 0.6) is 0 Å². The summed E-state index contributed by atoms with van der Waals surface area (Å²) in [5.41, 5.74) is 9.73. The molecule has 3 heteroatoms. The summed E-state index contributed by atoms with van der Waals surface area (Å²) in [7, 11) is 0. The van der Waals surface area contributed by atoms with Gasteiger partial charge in [0.15, 0.2) is 0 Å². The van der Waals surface area contributed by atoms with Gasteiger partial charge >= 0.3 is 0 Å². The number of rotatable bonds is 2. The third kappa shape index (κ3) is 2.23.